The number of nitrogens with zero attached hydrogens (tertiary/aromatic N) is 1. The Kier molecular flexibility index (Phi) is 3.88. The molecule has 0 saturated heterocycles. The summed E-state index contributed by atoms with van der Waals surface area (Å²) >= 11 is 18.3. The Bertz CT molecular complexity index is 711. The van der Waals surface area contributed by atoms with Crippen LogP contribution in [0, 0.1) is 0 Å². The van der Waals surface area contributed by atoms with Gasteiger partial charge in [0, 0.05) is 19.2 Å². The Balaban J connectivity index is 2.30. The van der Waals surface area contributed by atoms with Crippen LogP contribution in [-0.2, 0) is 10.2 Å². The number of carbonyl (C=O) groups is 1. The topological polar surface area (TPSA) is 20.3 Å². The van der Waals surface area contributed by atoms with E-state index in [2.05, 4.69) is 0 Å². The summed E-state index contributed by atoms with van der Waals surface area (Å²) in [6.45, 7) is 0. The lowest BCUT2D eigenvalue weighted by molar-refractivity contribution is -0.121. The highest BCUT2D eigenvalue weighted by molar-refractivity contribution is 6.67. The molecule has 0 spiro atoms. The van der Waals surface area contributed by atoms with E-state index in [4.69, 9.17) is 34.8 Å². The number of hydrogen-bond donors (Lipinski definition) is 0. The third-order valence-corrected chi connectivity index (χ3v) is 4.53. The van der Waals surface area contributed by atoms with Crippen LogP contribution >= 0.6 is 34.8 Å². The van der Waals surface area contributed by atoms with Crippen LogP contribution in [0.15, 0.2) is 54.6 Å². The molecule has 1 atom stereocenters. The van der Waals surface area contributed by atoms with Gasteiger partial charge in [-0.25, -0.2) is 0 Å². The number of anilines is 1. The molecule has 3 rings (SSSR count). The van der Waals surface area contributed by atoms with Gasteiger partial charge in [0.25, 0.3) is 0 Å². The maximum absolute atomic E-state index is 13.1. The van der Waals surface area contributed by atoms with E-state index in [0.717, 1.165) is 16.8 Å². The second-order valence-corrected chi connectivity index (χ2v) is 7.96. The fourth-order valence-corrected chi connectivity index (χ4v) is 3.81. The smallest absolute Gasteiger partial charge is 0.242 e. The predicted octanol–water partition coefficient (Wildman–Crippen LogP) is 4.71. The van der Waals surface area contributed by atoms with Gasteiger partial charge in [0.05, 0.1) is 0 Å². The van der Waals surface area contributed by atoms with E-state index in [1.54, 1.807) is 11.9 Å². The fraction of sp³-hybridized carbons (Fsp3) is 0.235. The van der Waals surface area contributed by atoms with E-state index >= 15 is 0 Å². The number of rotatable bonds is 2. The number of alkyl halides is 3. The quantitative estimate of drug-likeness (QED) is 0.715. The summed E-state index contributed by atoms with van der Waals surface area (Å²) in [5.74, 6) is -0.0776. The molecule has 0 aromatic heterocycles. The minimum absolute atomic E-state index is 0.0776. The summed E-state index contributed by atoms with van der Waals surface area (Å²) in [5.41, 5.74) is 1.59. The Labute approximate surface area is 144 Å². The van der Waals surface area contributed by atoms with Gasteiger partial charge in [-0.2, -0.15) is 0 Å². The summed E-state index contributed by atoms with van der Waals surface area (Å²) in [5, 5.41) is 0. The summed E-state index contributed by atoms with van der Waals surface area (Å²) in [4.78, 5) is 14.8. The van der Waals surface area contributed by atoms with E-state index in [9.17, 15) is 4.79 Å². The van der Waals surface area contributed by atoms with Gasteiger partial charge in [0.2, 0.25) is 5.91 Å². The number of hydrogen-bond acceptors (Lipinski definition) is 1. The van der Waals surface area contributed by atoms with Crippen molar-refractivity contribution in [2.24, 2.45) is 0 Å². The normalized spacial score (nSPS) is 21.1. The van der Waals surface area contributed by atoms with E-state index in [-0.39, 0.29) is 12.3 Å². The number of carbonyl (C=O) groups excluding carboxylic acids is 1. The molecule has 0 fully saturated rings. The molecule has 114 valence electrons. The maximum atomic E-state index is 13.1. The van der Waals surface area contributed by atoms with Crippen LogP contribution in [0.4, 0.5) is 5.69 Å². The third kappa shape index (κ3) is 2.40. The zero-order valence-electron chi connectivity index (χ0n) is 11.9. The fourth-order valence-electron chi connectivity index (χ4n) is 3.21. The molecule has 0 saturated carbocycles. The molecule has 22 heavy (non-hydrogen) atoms. The van der Waals surface area contributed by atoms with E-state index in [0.29, 0.717) is 0 Å². The van der Waals surface area contributed by atoms with Crippen LogP contribution in [0.5, 0.6) is 0 Å². The second-order valence-electron chi connectivity index (χ2n) is 5.44. The van der Waals surface area contributed by atoms with Gasteiger partial charge in [-0.3, -0.25) is 4.79 Å². The van der Waals surface area contributed by atoms with Crippen LogP contribution in [0.3, 0.4) is 0 Å². The number of para-hydroxylation sites is 1. The van der Waals surface area contributed by atoms with Gasteiger partial charge in [0.15, 0.2) is 3.79 Å². The lowest BCUT2D eigenvalue weighted by Crippen LogP contribution is -2.42. The average Bonchev–Trinajstić information content (AvgIpc) is 2.70. The molecule has 0 aliphatic carbocycles. The molecular formula is C17H14Cl3NO. The first-order valence-electron chi connectivity index (χ1n) is 6.86. The van der Waals surface area contributed by atoms with Gasteiger partial charge in [-0.15, -0.1) is 0 Å². The van der Waals surface area contributed by atoms with Crippen molar-refractivity contribution in [1.82, 2.24) is 0 Å². The minimum Gasteiger partial charge on any atom is -0.314 e. The molecule has 0 N–H and O–H groups in total. The lowest BCUT2D eigenvalue weighted by atomic mass is 9.73. The average molecular weight is 355 g/mol. The van der Waals surface area contributed by atoms with Gasteiger partial charge in [0.1, 0.15) is 5.41 Å². The highest BCUT2D eigenvalue weighted by Crippen LogP contribution is 2.52. The first-order valence-corrected chi connectivity index (χ1v) is 7.99. The molecule has 5 heteroatoms. The molecule has 0 bridgehead atoms. The van der Waals surface area contributed by atoms with Crippen LogP contribution in [0.2, 0.25) is 0 Å². The van der Waals surface area contributed by atoms with Crippen molar-refractivity contribution in [2.45, 2.75) is 15.6 Å². The second kappa shape index (κ2) is 5.45. The highest BCUT2D eigenvalue weighted by Gasteiger charge is 2.54. The van der Waals surface area contributed by atoms with E-state index < -0.39 is 9.21 Å². The number of benzene rings is 2. The molecular weight excluding hydrogens is 341 g/mol. The zero-order chi connectivity index (χ0) is 16.0. The number of fused-ring (bicyclic) bond motifs is 1. The van der Waals surface area contributed by atoms with Crippen molar-refractivity contribution in [1.29, 1.82) is 0 Å². The molecule has 0 radical (unpaired) electrons. The monoisotopic (exact) mass is 353 g/mol. The Morgan fingerprint density at radius 1 is 1.00 bits per heavy atom. The maximum Gasteiger partial charge on any atom is 0.242 e. The predicted molar refractivity (Wildman–Crippen MR) is 92.0 cm³/mol. The van der Waals surface area contributed by atoms with Crippen molar-refractivity contribution in [3.63, 3.8) is 0 Å². The van der Waals surface area contributed by atoms with Crippen molar-refractivity contribution < 1.29 is 4.79 Å². The largest absolute Gasteiger partial charge is 0.314 e. The number of halogens is 3. The molecule has 1 amide bonds. The molecule has 1 aliphatic heterocycles. The number of likely N-dealkylation sites (N-methyl/N-ethyl adjacent to an activating group) is 1. The summed E-state index contributed by atoms with van der Waals surface area (Å²) in [6.07, 6.45) is 0.0921. The van der Waals surface area contributed by atoms with Crippen LogP contribution < -0.4 is 4.90 Å². The molecule has 2 aromatic rings. The Morgan fingerprint density at radius 2 is 1.59 bits per heavy atom. The standard InChI is InChI=1S/C17H14Cl3NO/c1-21-14-10-6-5-9-13(14)16(15(21)22,11-17(18,19)20)12-7-3-2-4-8-12/h2-10H,11H2,1H3. The van der Waals surface area contributed by atoms with Crippen molar-refractivity contribution in [3.8, 4) is 0 Å². The molecule has 1 aliphatic rings. The van der Waals surface area contributed by atoms with Crippen LogP contribution in [0.1, 0.15) is 17.5 Å². The van der Waals surface area contributed by atoms with Gasteiger partial charge < -0.3 is 4.90 Å². The third-order valence-electron chi connectivity index (χ3n) is 4.13. The molecule has 1 unspecified atom stereocenters. The van der Waals surface area contributed by atoms with Crippen molar-refractivity contribution in [3.05, 3.63) is 65.7 Å². The highest BCUT2D eigenvalue weighted by atomic mass is 35.6. The summed E-state index contributed by atoms with van der Waals surface area (Å²) < 4.78 is -1.54. The Morgan fingerprint density at radius 3 is 2.23 bits per heavy atom. The first kappa shape index (κ1) is 15.7. The SMILES string of the molecule is CN1C(=O)C(CC(Cl)(Cl)Cl)(c2ccccc2)c2ccccc21. The first-order chi connectivity index (χ1) is 10.4. The van der Waals surface area contributed by atoms with Crippen LogP contribution in [0.25, 0.3) is 0 Å². The lowest BCUT2D eigenvalue weighted by Gasteiger charge is -2.32. The molecule has 1 heterocycles. The zero-order valence-corrected chi connectivity index (χ0v) is 14.2. The molecule has 2 nitrogen and oxygen atoms in total. The van der Waals surface area contributed by atoms with Crippen molar-refractivity contribution in [2.75, 3.05) is 11.9 Å². The Hall–Kier alpha value is -1.22. The van der Waals surface area contributed by atoms with E-state index in [1.165, 1.54) is 0 Å². The van der Waals surface area contributed by atoms with E-state index in [1.807, 2.05) is 54.6 Å². The molecule has 2 aromatic carbocycles. The van der Waals surface area contributed by atoms with Gasteiger partial charge in [-0.05, 0) is 17.2 Å². The summed E-state index contributed by atoms with van der Waals surface area (Å²) in [7, 11) is 1.75. The minimum atomic E-state index is -1.54. The van der Waals surface area contributed by atoms with Gasteiger partial charge >= 0.3 is 0 Å². The van der Waals surface area contributed by atoms with Crippen LogP contribution in [-0.4, -0.2) is 16.7 Å². The number of amides is 1. The van der Waals surface area contributed by atoms with Gasteiger partial charge in [-0.1, -0.05) is 83.3 Å². The van der Waals surface area contributed by atoms with Crippen molar-refractivity contribution >= 4 is 46.4 Å². The summed E-state index contributed by atoms with van der Waals surface area (Å²) in [6, 6.07) is 17.2.